The minimum atomic E-state index is -0.487. The maximum absolute atomic E-state index is 10.5. The van der Waals surface area contributed by atoms with Gasteiger partial charge >= 0.3 is 0 Å². The standard InChI is InChI=1S/C16H7NO2/c1-4-14(5-2)15(6-3)10-7-13-8-11-16(12-9-13)17(18)19/h1-3,8-9,11-12H. The minimum absolute atomic E-state index is 0.00814. The first-order valence-electron chi connectivity index (χ1n) is 5.03. The van der Waals surface area contributed by atoms with Crippen LogP contribution in [0.1, 0.15) is 5.56 Å². The smallest absolute Gasteiger partial charge is 0.258 e. The first-order valence-corrected chi connectivity index (χ1v) is 5.03. The number of nitro benzene ring substituents is 1. The van der Waals surface area contributed by atoms with Crippen LogP contribution in [0.4, 0.5) is 5.69 Å². The second-order valence-electron chi connectivity index (χ2n) is 3.24. The van der Waals surface area contributed by atoms with Gasteiger partial charge in [0.25, 0.3) is 5.69 Å². The van der Waals surface area contributed by atoms with Crippen LogP contribution in [0.3, 0.4) is 0 Å². The number of nitrogens with zero attached hydrogens (tertiary/aromatic N) is 1. The summed E-state index contributed by atoms with van der Waals surface area (Å²) in [6.45, 7) is 0. The molecule has 0 atom stereocenters. The van der Waals surface area contributed by atoms with Crippen molar-refractivity contribution in [1.82, 2.24) is 0 Å². The molecule has 0 aliphatic rings. The van der Waals surface area contributed by atoms with E-state index in [2.05, 4.69) is 29.6 Å². The summed E-state index contributed by atoms with van der Waals surface area (Å²) in [5, 5.41) is 10.5. The Kier molecular flexibility index (Phi) is 4.58. The number of benzene rings is 1. The lowest BCUT2D eigenvalue weighted by molar-refractivity contribution is -0.384. The molecule has 19 heavy (non-hydrogen) atoms. The molecule has 88 valence electrons. The van der Waals surface area contributed by atoms with Crippen molar-refractivity contribution in [2.45, 2.75) is 0 Å². The number of terminal acetylenes is 3. The highest BCUT2D eigenvalue weighted by atomic mass is 16.6. The third-order valence-electron chi connectivity index (χ3n) is 2.09. The quantitative estimate of drug-likeness (QED) is 0.432. The van der Waals surface area contributed by atoms with Crippen molar-refractivity contribution in [2.24, 2.45) is 0 Å². The zero-order valence-electron chi connectivity index (χ0n) is 9.81. The third kappa shape index (κ3) is 3.54. The van der Waals surface area contributed by atoms with Crippen molar-refractivity contribution in [3.8, 4) is 48.9 Å². The van der Waals surface area contributed by atoms with Crippen LogP contribution in [0, 0.1) is 59.0 Å². The van der Waals surface area contributed by atoms with Crippen LogP contribution in [0.2, 0.25) is 0 Å². The second-order valence-corrected chi connectivity index (χ2v) is 3.24. The molecule has 1 aromatic carbocycles. The van der Waals surface area contributed by atoms with Gasteiger partial charge in [0.2, 0.25) is 0 Å². The largest absolute Gasteiger partial charge is 0.269 e. The predicted octanol–water partition coefficient (Wildman–Crippen LogP) is 2.14. The molecule has 0 fully saturated rings. The summed E-state index contributed by atoms with van der Waals surface area (Å²) < 4.78 is 0. The third-order valence-corrected chi connectivity index (χ3v) is 2.09. The summed E-state index contributed by atoms with van der Waals surface area (Å²) in [6.07, 6.45) is 15.6. The van der Waals surface area contributed by atoms with E-state index in [1.54, 1.807) is 0 Å². The zero-order chi connectivity index (χ0) is 14.3. The number of hydrogen-bond donors (Lipinski definition) is 0. The molecule has 1 rings (SSSR count). The highest BCUT2D eigenvalue weighted by Crippen LogP contribution is 2.11. The Hall–Kier alpha value is -3.40. The summed E-state index contributed by atoms with van der Waals surface area (Å²) in [4.78, 5) is 10.00. The number of hydrogen-bond acceptors (Lipinski definition) is 2. The van der Waals surface area contributed by atoms with E-state index < -0.39 is 4.92 Å². The number of rotatable bonds is 1. The van der Waals surface area contributed by atoms with E-state index in [4.69, 9.17) is 19.3 Å². The van der Waals surface area contributed by atoms with Crippen molar-refractivity contribution in [3.63, 3.8) is 0 Å². The van der Waals surface area contributed by atoms with Crippen molar-refractivity contribution in [2.75, 3.05) is 0 Å². The van der Waals surface area contributed by atoms with Crippen LogP contribution in [-0.2, 0) is 0 Å². The summed E-state index contributed by atoms with van der Waals surface area (Å²) in [5.41, 5.74) is 1.01. The monoisotopic (exact) mass is 245 g/mol. The van der Waals surface area contributed by atoms with Gasteiger partial charge < -0.3 is 0 Å². The Morgan fingerprint density at radius 2 is 1.53 bits per heavy atom. The molecule has 0 heterocycles. The van der Waals surface area contributed by atoms with E-state index in [0.29, 0.717) is 5.56 Å². The molecule has 1 aromatic rings. The molecule has 0 aliphatic carbocycles. The summed E-state index contributed by atoms with van der Waals surface area (Å²) >= 11 is 0. The van der Waals surface area contributed by atoms with Gasteiger partial charge in [-0.2, -0.15) is 0 Å². The van der Waals surface area contributed by atoms with Gasteiger partial charge in [-0.25, -0.2) is 0 Å². The van der Waals surface area contributed by atoms with Gasteiger partial charge in [0.05, 0.1) is 16.1 Å². The van der Waals surface area contributed by atoms with Crippen LogP contribution >= 0.6 is 0 Å². The van der Waals surface area contributed by atoms with E-state index in [0.717, 1.165) is 0 Å². The molecule has 0 saturated heterocycles. The Morgan fingerprint density at radius 3 is 1.95 bits per heavy atom. The normalized spacial score (nSPS) is 7.84. The van der Waals surface area contributed by atoms with Crippen LogP contribution in [-0.4, -0.2) is 4.92 Å². The average molecular weight is 245 g/mol. The topological polar surface area (TPSA) is 43.1 Å². The van der Waals surface area contributed by atoms with Gasteiger partial charge in [0.1, 0.15) is 0 Å². The Bertz CT molecular complexity index is 705. The first kappa shape index (κ1) is 13.7. The van der Waals surface area contributed by atoms with E-state index in [1.165, 1.54) is 24.3 Å². The minimum Gasteiger partial charge on any atom is -0.258 e. The fraction of sp³-hybridized carbons (Fsp3) is 0. The molecule has 0 amide bonds. The number of non-ortho nitro benzene ring substituents is 1. The molecule has 0 bridgehead atoms. The molecule has 0 aliphatic heterocycles. The lowest BCUT2D eigenvalue weighted by Gasteiger charge is -1.92. The molecule has 0 saturated carbocycles. The Balaban J connectivity index is 3.12. The molecule has 0 radical (unpaired) electrons. The molecule has 0 aromatic heterocycles. The molecule has 0 spiro atoms. The van der Waals surface area contributed by atoms with Crippen LogP contribution in [0.5, 0.6) is 0 Å². The Morgan fingerprint density at radius 1 is 1.00 bits per heavy atom. The molecule has 0 unspecified atom stereocenters. The average Bonchev–Trinajstić information content (AvgIpc) is 2.43. The lowest BCUT2D eigenvalue weighted by Crippen LogP contribution is -1.87. The van der Waals surface area contributed by atoms with Gasteiger partial charge in [0.15, 0.2) is 0 Å². The van der Waals surface area contributed by atoms with Crippen LogP contribution in [0.15, 0.2) is 35.4 Å². The van der Waals surface area contributed by atoms with Gasteiger partial charge in [0, 0.05) is 17.7 Å². The molecular formula is C16H7NO2. The van der Waals surface area contributed by atoms with E-state index in [1.807, 2.05) is 0 Å². The van der Waals surface area contributed by atoms with Crippen LogP contribution in [0.25, 0.3) is 0 Å². The molecular weight excluding hydrogens is 238 g/mol. The Labute approximate surface area is 111 Å². The highest BCUT2D eigenvalue weighted by molar-refractivity contribution is 5.60. The van der Waals surface area contributed by atoms with Gasteiger partial charge in [-0.15, -0.1) is 19.3 Å². The summed E-state index contributed by atoms with van der Waals surface area (Å²) in [6, 6.07) is 5.74. The van der Waals surface area contributed by atoms with E-state index >= 15 is 0 Å². The molecule has 3 nitrogen and oxygen atoms in total. The zero-order valence-corrected chi connectivity index (χ0v) is 9.81. The van der Waals surface area contributed by atoms with Gasteiger partial charge in [-0.1, -0.05) is 29.6 Å². The lowest BCUT2D eigenvalue weighted by atomic mass is 10.1. The maximum Gasteiger partial charge on any atom is 0.269 e. The van der Waals surface area contributed by atoms with Crippen molar-refractivity contribution >= 4 is 5.69 Å². The predicted molar refractivity (Wildman–Crippen MR) is 73.5 cm³/mol. The van der Waals surface area contributed by atoms with E-state index in [9.17, 15) is 10.1 Å². The highest BCUT2D eigenvalue weighted by Gasteiger charge is 2.02. The van der Waals surface area contributed by atoms with Crippen molar-refractivity contribution in [3.05, 3.63) is 51.1 Å². The number of allylic oxidation sites excluding steroid dienone is 2. The molecule has 0 N–H and O–H groups in total. The number of nitro groups is 1. The van der Waals surface area contributed by atoms with Gasteiger partial charge in [-0.3, -0.25) is 10.1 Å². The summed E-state index contributed by atoms with van der Waals surface area (Å²) in [5.74, 6) is 12.3. The van der Waals surface area contributed by atoms with Crippen molar-refractivity contribution < 1.29 is 4.92 Å². The SMILES string of the molecule is C#CC(C#C)=C(C#C)C#Cc1ccc([N+](=O)[O-])cc1. The molecule has 3 heteroatoms. The van der Waals surface area contributed by atoms with Gasteiger partial charge in [-0.05, 0) is 12.1 Å². The second kappa shape index (κ2) is 6.36. The van der Waals surface area contributed by atoms with E-state index in [-0.39, 0.29) is 16.8 Å². The maximum atomic E-state index is 10.5. The fourth-order valence-electron chi connectivity index (χ4n) is 1.16. The fourth-order valence-corrected chi connectivity index (χ4v) is 1.16. The van der Waals surface area contributed by atoms with Crippen molar-refractivity contribution in [1.29, 1.82) is 0 Å². The summed E-state index contributed by atoms with van der Waals surface area (Å²) in [7, 11) is 0. The van der Waals surface area contributed by atoms with Crippen LogP contribution < -0.4 is 0 Å². The first-order chi connectivity index (χ1) is 9.12.